The molecule has 0 bridgehead atoms. The lowest BCUT2D eigenvalue weighted by Gasteiger charge is -2.29. The largest absolute Gasteiger partial charge is 0.504 e. The molecule has 6 heteroatoms. The Kier molecular flexibility index (Phi) is 5.46. The number of ether oxygens (including phenoxy) is 1. The first-order valence-corrected chi connectivity index (χ1v) is 9.56. The predicted molar refractivity (Wildman–Crippen MR) is 101 cm³/mol. The molecule has 0 aromatic heterocycles. The van der Waals surface area contributed by atoms with Gasteiger partial charge in [-0.1, -0.05) is 55.4 Å². The highest BCUT2D eigenvalue weighted by molar-refractivity contribution is 8.26. The Hall–Kier alpha value is -1.53. The van der Waals surface area contributed by atoms with Crippen molar-refractivity contribution in [2.75, 3.05) is 6.61 Å². The van der Waals surface area contributed by atoms with Crippen molar-refractivity contribution in [3.63, 3.8) is 0 Å². The minimum absolute atomic E-state index is 0.0434. The summed E-state index contributed by atoms with van der Waals surface area (Å²) >= 11 is 6.75. The standard InChI is InChI=1S/C18H21NO3S2/c1-2-22-14-10-6-7-12(16(14)20)11-15-17(21)19(18(23)24-15)13-8-4-3-5-9-13/h6-7,10-11,13,20H,2-5,8-9H2,1H3. The van der Waals surface area contributed by atoms with Crippen LogP contribution >= 0.6 is 24.0 Å². The van der Waals surface area contributed by atoms with Gasteiger partial charge in [-0.3, -0.25) is 9.69 Å². The van der Waals surface area contributed by atoms with Crippen LogP contribution in [0.15, 0.2) is 23.1 Å². The molecule has 1 saturated carbocycles. The van der Waals surface area contributed by atoms with E-state index in [1.54, 1.807) is 29.2 Å². The molecule has 0 spiro atoms. The van der Waals surface area contributed by atoms with Crippen LogP contribution in [0.1, 0.15) is 44.6 Å². The van der Waals surface area contributed by atoms with E-state index in [2.05, 4.69) is 0 Å². The van der Waals surface area contributed by atoms with Gasteiger partial charge >= 0.3 is 0 Å². The first kappa shape index (κ1) is 17.3. The average Bonchev–Trinajstić information content (AvgIpc) is 2.86. The topological polar surface area (TPSA) is 49.8 Å². The summed E-state index contributed by atoms with van der Waals surface area (Å²) in [7, 11) is 0. The number of amides is 1. The third-order valence-corrected chi connectivity index (χ3v) is 5.71. The zero-order chi connectivity index (χ0) is 17.1. The number of nitrogens with zero attached hydrogens (tertiary/aromatic N) is 1. The van der Waals surface area contributed by atoms with E-state index in [4.69, 9.17) is 17.0 Å². The van der Waals surface area contributed by atoms with Gasteiger partial charge in [0, 0.05) is 11.6 Å². The van der Waals surface area contributed by atoms with E-state index in [1.807, 2.05) is 6.92 Å². The molecule has 0 unspecified atom stereocenters. The fraction of sp³-hybridized carbons (Fsp3) is 0.444. The summed E-state index contributed by atoms with van der Waals surface area (Å²) in [6, 6.07) is 5.51. The van der Waals surface area contributed by atoms with Gasteiger partial charge in [-0.05, 0) is 31.9 Å². The quantitative estimate of drug-likeness (QED) is 0.637. The molecule has 1 heterocycles. The number of benzene rings is 1. The second-order valence-electron chi connectivity index (χ2n) is 5.97. The molecule has 24 heavy (non-hydrogen) atoms. The number of thiocarbonyl (C=S) groups is 1. The third-order valence-electron chi connectivity index (χ3n) is 4.38. The number of aromatic hydroxyl groups is 1. The van der Waals surface area contributed by atoms with Crippen molar-refractivity contribution in [1.82, 2.24) is 4.90 Å². The van der Waals surface area contributed by atoms with Gasteiger partial charge in [-0.25, -0.2) is 0 Å². The molecule has 128 valence electrons. The number of carbonyl (C=O) groups is 1. The molecule has 0 atom stereocenters. The Morgan fingerprint density at radius 2 is 2.12 bits per heavy atom. The van der Waals surface area contributed by atoms with Crippen molar-refractivity contribution >= 4 is 40.3 Å². The molecular weight excluding hydrogens is 342 g/mol. The molecule has 1 aliphatic heterocycles. The summed E-state index contributed by atoms with van der Waals surface area (Å²) in [6.45, 7) is 2.34. The van der Waals surface area contributed by atoms with Gasteiger partial charge in [-0.2, -0.15) is 0 Å². The lowest BCUT2D eigenvalue weighted by molar-refractivity contribution is -0.124. The Morgan fingerprint density at radius 3 is 2.83 bits per heavy atom. The Labute approximate surface area is 151 Å². The molecule has 1 N–H and O–H groups in total. The number of phenols is 1. The lowest BCUT2D eigenvalue weighted by atomic mass is 9.94. The second-order valence-corrected chi connectivity index (χ2v) is 7.65. The first-order chi connectivity index (χ1) is 11.6. The normalized spacial score (nSPS) is 20.9. The van der Waals surface area contributed by atoms with Crippen LogP contribution in [0.3, 0.4) is 0 Å². The molecule has 3 rings (SSSR count). The smallest absolute Gasteiger partial charge is 0.266 e. The monoisotopic (exact) mass is 363 g/mol. The molecular formula is C18H21NO3S2. The van der Waals surface area contributed by atoms with Crippen LogP contribution in [-0.4, -0.2) is 32.9 Å². The summed E-state index contributed by atoms with van der Waals surface area (Å²) in [4.78, 5) is 15.1. The van der Waals surface area contributed by atoms with E-state index in [1.165, 1.54) is 18.2 Å². The van der Waals surface area contributed by atoms with Crippen LogP contribution in [0.2, 0.25) is 0 Å². The lowest BCUT2D eigenvalue weighted by Crippen LogP contribution is -2.39. The van der Waals surface area contributed by atoms with Crippen LogP contribution in [0, 0.1) is 0 Å². The van der Waals surface area contributed by atoms with Gasteiger partial charge in [0.2, 0.25) is 0 Å². The van der Waals surface area contributed by atoms with E-state index in [-0.39, 0.29) is 17.7 Å². The zero-order valence-electron chi connectivity index (χ0n) is 13.7. The fourth-order valence-corrected chi connectivity index (χ4v) is 4.59. The van der Waals surface area contributed by atoms with E-state index in [0.29, 0.717) is 27.1 Å². The molecule has 0 radical (unpaired) electrons. The van der Waals surface area contributed by atoms with Crippen molar-refractivity contribution < 1.29 is 14.6 Å². The SMILES string of the molecule is CCOc1cccc(C=C2SC(=S)N(C3CCCCC3)C2=O)c1O. The molecule has 1 aromatic rings. The summed E-state index contributed by atoms with van der Waals surface area (Å²) in [6.07, 6.45) is 7.28. The highest BCUT2D eigenvalue weighted by atomic mass is 32.2. The second kappa shape index (κ2) is 7.57. The van der Waals surface area contributed by atoms with Gasteiger partial charge in [0.25, 0.3) is 5.91 Å². The molecule has 1 aliphatic carbocycles. The van der Waals surface area contributed by atoms with Gasteiger partial charge < -0.3 is 9.84 Å². The number of hydrogen-bond acceptors (Lipinski definition) is 5. The maximum atomic E-state index is 12.8. The molecule has 1 aromatic carbocycles. The number of carbonyl (C=O) groups excluding carboxylic acids is 1. The summed E-state index contributed by atoms with van der Waals surface area (Å²) in [5, 5.41) is 10.3. The molecule has 1 saturated heterocycles. The number of phenolic OH excluding ortho intramolecular Hbond substituents is 1. The molecule has 2 aliphatic rings. The van der Waals surface area contributed by atoms with Crippen LogP contribution in [0.5, 0.6) is 11.5 Å². The van der Waals surface area contributed by atoms with Crippen LogP contribution < -0.4 is 4.74 Å². The minimum Gasteiger partial charge on any atom is -0.504 e. The van der Waals surface area contributed by atoms with Crippen LogP contribution in [0.25, 0.3) is 6.08 Å². The van der Waals surface area contributed by atoms with Crippen molar-refractivity contribution in [2.45, 2.75) is 45.1 Å². The van der Waals surface area contributed by atoms with Gasteiger partial charge in [-0.15, -0.1) is 0 Å². The van der Waals surface area contributed by atoms with Crippen molar-refractivity contribution in [1.29, 1.82) is 0 Å². The Morgan fingerprint density at radius 1 is 1.38 bits per heavy atom. The van der Waals surface area contributed by atoms with Crippen LogP contribution in [-0.2, 0) is 4.79 Å². The fourth-order valence-electron chi connectivity index (χ4n) is 3.20. The molecule has 4 nitrogen and oxygen atoms in total. The maximum Gasteiger partial charge on any atom is 0.266 e. The third kappa shape index (κ3) is 3.44. The number of hydrogen-bond donors (Lipinski definition) is 1. The highest BCUT2D eigenvalue weighted by Gasteiger charge is 2.37. The number of thioether (sulfide) groups is 1. The van der Waals surface area contributed by atoms with E-state index >= 15 is 0 Å². The molecule has 1 amide bonds. The number of para-hydroxylation sites is 1. The Balaban J connectivity index is 1.85. The van der Waals surface area contributed by atoms with Crippen LogP contribution in [0.4, 0.5) is 0 Å². The Bertz CT molecular complexity index is 681. The maximum absolute atomic E-state index is 12.8. The first-order valence-electron chi connectivity index (χ1n) is 8.33. The average molecular weight is 364 g/mol. The minimum atomic E-state index is -0.0434. The number of rotatable bonds is 4. The summed E-state index contributed by atoms with van der Waals surface area (Å²) in [5.74, 6) is 0.439. The van der Waals surface area contributed by atoms with E-state index in [0.717, 1.165) is 25.7 Å². The van der Waals surface area contributed by atoms with Crippen molar-refractivity contribution in [3.05, 3.63) is 28.7 Å². The van der Waals surface area contributed by atoms with E-state index < -0.39 is 0 Å². The van der Waals surface area contributed by atoms with Gasteiger partial charge in [0.05, 0.1) is 11.5 Å². The van der Waals surface area contributed by atoms with Gasteiger partial charge in [0.15, 0.2) is 11.5 Å². The summed E-state index contributed by atoms with van der Waals surface area (Å²) in [5.41, 5.74) is 0.574. The van der Waals surface area contributed by atoms with Crippen molar-refractivity contribution in [2.24, 2.45) is 0 Å². The highest BCUT2D eigenvalue weighted by Crippen LogP contribution is 2.39. The summed E-state index contributed by atoms with van der Waals surface area (Å²) < 4.78 is 6.02. The zero-order valence-corrected chi connectivity index (χ0v) is 15.3. The predicted octanol–water partition coefficient (Wildman–Crippen LogP) is 4.32. The van der Waals surface area contributed by atoms with E-state index in [9.17, 15) is 9.90 Å². The van der Waals surface area contributed by atoms with Gasteiger partial charge in [0.1, 0.15) is 4.32 Å². The van der Waals surface area contributed by atoms with Crippen molar-refractivity contribution in [3.8, 4) is 11.5 Å². The molecule has 2 fully saturated rings.